The molecule has 0 radical (unpaired) electrons. The number of hydrogen-bond acceptors (Lipinski definition) is 4. The fourth-order valence-corrected chi connectivity index (χ4v) is 10.1. The number of oxazole rings is 1. The van der Waals surface area contributed by atoms with Crippen molar-refractivity contribution in [2.24, 2.45) is 5.92 Å². The number of fused-ring (bicyclic) bond motifs is 1. The molecule has 1 fully saturated rings. The Morgan fingerprint density at radius 1 is 0.680 bits per heavy atom. The molecule has 0 N–H and O–H groups in total. The third-order valence-corrected chi connectivity index (χ3v) is 12.6. The lowest BCUT2D eigenvalue weighted by Crippen LogP contribution is -2.45. The van der Waals surface area contributed by atoms with Crippen molar-refractivity contribution < 1.29 is 13.6 Å². The molecule has 2 atom stereocenters. The summed E-state index contributed by atoms with van der Waals surface area (Å²) in [5.74, 6) is 2.50. The van der Waals surface area contributed by atoms with Crippen LogP contribution in [0.4, 0.5) is 0 Å². The molecule has 5 heteroatoms. The minimum Gasteiger partial charge on any atom is -0.540 e. The first-order valence-electron chi connectivity index (χ1n) is 17.8. The Hall–Kier alpha value is -4.97. The zero-order valence-corrected chi connectivity index (χ0v) is 30.2. The average molecular weight is 674 g/mol. The molecule has 1 aromatic heterocycles. The molecule has 6 aromatic rings. The molecule has 0 saturated carbocycles. The molecular weight excluding hydrogens is 631 g/mol. The molecular formula is C45H43NO3Si. The van der Waals surface area contributed by atoms with E-state index in [2.05, 4.69) is 124 Å². The SMILES string of the molecule is CC(C)(C)c1cccc2c1CCC(O[SiH](c1ccccc1)c1ccccc1)=C2C1CCOC1c1nc(-c2ccccc2)c(-c2ccccc2)o1. The van der Waals surface area contributed by atoms with Crippen LogP contribution in [0.1, 0.15) is 62.3 Å². The zero-order chi connectivity index (χ0) is 34.1. The number of ether oxygens (including phenoxy) is 1. The summed E-state index contributed by atoms with van der Waals surface area (Å²) in [6.07, 6.45) is 2.30. The molecule has 4 nitrogen and oxygen atoms in total. The Morgan fingerprint density at radius 3 is 1.90 bits per heavy atom. The molecule has 8 rings (SSSR count). The van der Waals surface area contributed by atoms with Crippen molar-refractivity contribution in [3.8, 4) is 22.6 Å². The molecule has 0 amide bonds. The fourth-order valence-electron chi connectivity index (χ4n) is 7.75. The summed E-state index contributed by atoms with van der Waals surface area (Å²) in [5.41, 5.74) is 8.24. The lowest BCUT2D eigenvalue weighted by molar-refractivity contribution is 0.0782. The van der Waals surface area contributed by atoms with Gasteiger partial charge in [0.15, 0.2) is 5.76 Å². The zero-order valence-electron chi connectivity index (χ0n) is 29.0. The largest absolute Gasteiger partial charge is 0.540 e. The monoisotopic (exact) mass is 673 g/mol. The number of nitrogens with zero attached hydrogens (tertiary/aromatic N) is 1. The number of benzene rings is 5. The maximum absolute atomic E-state index is 7.43. The maximum atomic E-state index is 7.43. The second-order valence-electron chi connectivity index (χ2n) is 14.4. The third-order valence-electron chi connectivity index (χ3n) is 10.1. The van der Waals surface area contributed by atoms with Gasteiger partial charge in [0.1, 0.15) is 11.8 Å². The van der Waals surface area contributed by atoms with E-state index < -0.39 is 9.04 Å². The van der Waals surface area contributed by atoms with Crippen molar-refractivity contribution in [1.82, 2.24) is 4.98 Å². The Balaban J connectivity index is 1.28. The van der Waals surface area contributed by atoms with Crippen molar-refractivity contribution in [2.75, 3.05) is 6.61 Å². The summed E-state index contributed by atoms with van der Waals surface area (Å²) < 4.78 is 20.9. The highest BCUT2D eigenvalue weighted by Crippen LogP contribution is 2.50. The predicted molar refractivity (Wildman–Crippen MR) is 205 cm³/mol. The van der Waals surface area contributed by atoms with E-state index in [1.165, 1.54) is 32.6 Å². The molecule has 2 heterocycles. The van der Waals surface area contributed by atoms with Gasteiger partial charge in [0.2, 0.25) is 5.89 Å². The van der Waals surface area contributed by atoms with Crippen LogP contribution in [0, 0.1) is 5.92 Å². The van der Waals surface area contributed by atoms with Crippen LogP contribution in [-0.4, -0.2) is 20.6 Å². The second-order valence-corrected chi connectivity index (χ2v) is 16.7. The van der Waals surface area contributed by atoms with E-state index in [1.54, 1.807) is 0 Å². The first kappa shape index (κ1) is 32.2. The van der Waals surface area contributed by atoms with Crippen molar-refractivity contribution in [2.45, 2.75) is 51.6 Å². The molecule has 250 valence electrons. The van der Waals surface area contributed by atoms with E-state index in [0.717, 1.165) is 47.6 Å². The van der Waals surface area contributed by atoms with Crippen LogP contribution in [0.15, 0.2) is 150 Å². The second kappa shape index (κ2) is 13.7. The Bertz CT molecular complexity index is 2000. The van der Waals surface area contributed by atoms with Crippen molar-refractivity contribution in [1.29, 1.82) is 0 Å². The van der Waals surface area contributed by atoms with Crippen LogP contribution in [0.5, 0.6) is 0 Å². The average Bonchev–Trinajstić information content (AvgIpc) is 3.83. The fraction of sp³-hybridized carbons (Fsp3) is 0.222. The molecule has 1 saturated heterocycles. The van der Waals surface area contributed by atoms with Crippen molar-refractivity contribution in [3.63, 3.8) is 0 Å². The van der Waals surface area contributed by atoms with Crippen LogP contribution in [-0.2, 0) is 21.0 Å². The maximum Gasteiger partial charge on any atom is 0.298 e. The van der Waals surface area contributed by atoms with Gasteiger partial charge in [0.05, 0.1) is 5.76 Å². The van der Waals surface area contributed by atoms with Gasteiger partial charge < -0.3 is 13.6 Å². The van der Waals surface area contributed by atoms with E-state index in [-0.39, 0.29) is 17.4 Å². The van der Waals surface area contributed by atoms with E-state index in [0.29, 0.717) is 12.5 Å². The topological polar surface area (TPSA) is 44.5 Å². The third kappa shape index (κ3) is 6.28. The smallest absolute Gasteiger partial charge is 0.298 e. The molecule has 2 unspecified atom stereocenters. The van der Waals surface area contributed by atoms with Crippen molar-refractivity contribution >= 4 is 25.0 Å². The lowest BCUT2D eigenvalue weighted by atomic mass is 9.74. The van der Waals surface area contributed by atoms with E-state index in [1.807, 2.05) is 36.4 Å². The molecule has 0 bridgehead atoms. The summed E-state index contributed by atoms with van der Waals surface area (Å²) in [4.78, 5) is 5.23. The molecule has 0 spiro atoms. The van der Waals surface area contributed by atoms with Gasteiger partial charge in [-0.25, -0.2) is 4.98 Å². The number of aromatic nitrogens is 1. The molecule has 1 aliphatic carbocycles. The number of rotatable bonds is 8. The van der Waals surface area contributed by atoms with Crippen molar-refractivity contribution in [3.05, 3.63) is 168 Å². The Kier molecular flexibility index (Phi) is 8.86. The first-order chi connectivity index (χ1) is 24.5. The highest BCUT2D eigenvalue weighted by atomic mass is 28.3. The molecule has 5 aromatic carbocycles. The quantitative estimate of drug-likeness (QED) is 0.151. The van der Waals surface area contributed by atoms with Crippen LogP contribution >= 0.6 is 0 Å². The van der Waals surface area contributed by atoms with Gasteiger partial charge in [0.25, 0.3) is 9.04 Å². The molecule has 2 aliphatic rings. The van der Waals surface area contributed by atoms with Gasteiger partial charge in [-0.3, -0.25) is 0 Å². The molecule has 50 heavy (non-hydrogen) atoms. The van der Waals surface area contributed by atoms with Gasteiger partial charge in [-0.1, -0.05) is 160 Å². The van der Waals surface area contributed by atoms with Gasteiger partial charge in [-0.15, -0.1) is 0 Å². The standard InChI is InChI=1S/C45H43NO3Si/c1-45(2,3)38-26-16-25-36-35(38)27-28-39(49-50(33-21-12-6-13-22-33)34-23-14-7-15-24-34)40(36)37-29-30-47-43(37)44-46-41(31-17-8-4-9-18-31)42(48-44)32-19-10-5-11-20-32/h4-26,37,43,50H,27-30H2,1-3H3. The van der Waals surface area contributed by atoms with Gasteiger partial charge in [-0.05, 0) is 45.3 Å². The van der Waals surface area contributed by atoms with Gasteiger partial charge >= 0.3 is 0 Å². The van der Waals surface area contributed by atoms with E-state index in [9.17, 15) is 0 Å². The predicted octanol–water partition coefficient (Wildman–Crippen LogP) is 9.30. The summed E-state index contributed by atoms with van der Waals surface area (Å²) in [6, 6.07) is 49.0. The number of allylic oxidation sites excluding steroid dienone is 1. The lowest BCUT2D eigenvalue weighted by Gasteiger charge is -2.34. The molecule has 1 aliphatic heterocycles. The van der Waals surface area contributed by atoms with Crippen LogP contribution in [0.25, 0.3) is 28.2 Å². The van der Waals surface area contributed by atoms with Crippen LogP contribution in [0.2, 0.25) is 0 Å². The summed E-state index contributed by atoms with van der Waals surface area (Å²) in [6.45, 7) is 7.57. The van der Waals surface area contributed by atoms with Gasteiger partial charge in [0, 0.05) is 35.6 Å². The normalized spacial score (nSPS) is 17.6. The van der Waals surface area contributed by atoms with E-state index >= 15 is 0 Å². The minimum atomic E-state index is -2.08. The van der Waals surface area contributed by atoms with E-state index in [4.69, 9.17) is 18.6 Å². The number of hydrogen-bond donors (Lipinski definition) is 0. The first-order valence-corrected chi connectivity index (χ1v) is 19.4. The summed E-state index contributed by atoms with van der Waals surface area (Å²) in [5, 5.41) is 2.54. The summed E-state index contributed by atoms with van der Waals surface area (Å²) in [7, 11) is -2.08. The highest BCUT2D eigenvalue weighted by molar-refractivity contribution is 6.80. The Morgan fingerprint density at radius 2 is 1.28 bits per heavy atom. The summed E-state index contributed by atoms with van der Waals surface area (Å²) >= 11 is 0. The minimum absolute atomic E-state index is 0.0174. The van der Waals surface area contributed by atoms with Crippen LogP contribution in [0.3, 0.4) is 0 Å². The Labute approximate surface area is 297 Å². The van der Waals surface area contributed by atoms with Gasteiger partial charge in [-0.2, -0.15) is 0 Å². The van der Waals surface area contributed by atoms with Crippen LogP contribution < -0.4 is 10.4 Å². The highest BCUT2D eigenvalue weighted by Gasteiger charge is 2.42.